The maximum Gasteiger partial charge on any atom is 0.142 e. The Bertz CT molecular complexity index is 312. The van der Waals surface area contributed by atoms with E-state index >= 15 is 0 Å². The van der Waals surface area contributed by atoms with E-state index in [4.69, 9.17) is 10.5 Å². The molecular weight excluding hydrogens is 170 g/mol. The van der Waals surface area contributed by atoms with E-state index in [1.807, 2.05) is 17.8 Å². The lowest BCUT2D eigenvalue weighted by molar-refractivity contribution is 0.416. The summed E-state index contributed by atoms with van der Waals surface area (Å²) in [5.41, 5.74) is 7.99. The molecule has 0 amide bonds. The molecule has 0 aliphatic carbocycles. The van der Waals surface area contributed by atoms with Crippen LogP contribution < -0.4 is 10.5 Å². The van der Waals surface area contributed by atoms with Gasteiger partial charge in [-0.15, -0.1) is 11.8 Å². The fraction of sp³-hybridized carbons (Fsp3) is 0.333. The largest absolute Gasteiger partial charge is 0.495 e. The quantitative estimate of drug-likeness (QED) is 0.672. The van der Waals surface area contributed by atoms with Crippen molar-refractivity contribution in [3.8, 4) is 5.75 Å². The number of hydrogen-bond donors (Lipinski definition) is 1. The van der Waals surface area contributed by atoms with Gasteiger partial charge >= 0.3 is 0 Å². The van der Waals surface area contributed by atoms with Gasteiger partial charge in [-0.1, -0.05) is 0 Å². The molecule has 3 heteroatoms. The highest BCUT2D eigenvalue weighted by Gasteiger charge is 2.16. The monoisotopic (exact) mass is 181 g/mol. The van der Waals surface area contributed by atoms with Crippen LogP contribution in [0.1, 0.15) is 5.56 Å². The van der Waals surface area contributed by atoms with E-state index in [1.165, 1.54) is 10.5 Å². The number of fused-ring (bicyclic) bond motifs is 1. The van der Waals surface area contributed by atoms with Gasteiger partial charge in [0.25, 0.3) is 0 Å². The average Bonchev–Trinajstić information content (AvgIpc) is 2.53. The van der Waals surface area contributed by atoms with E-state index in [2.05, 4.69) is 6.07 Å². The minimum Gasteiger partial charge on any atom is -0.495 e. The number of ether oxygens (including phenoxy) is 1. The van der Waals surface area contributed by atoms with Gasteiger partial charge in [0.15, 0.2) is 0 Å². The molecule has 2 rings (SSSR count). The van der Waals surface area contributed by atoms with Crippen LogP contribution >= 0.6 is 11.8 Å². The van der Waals surface area contributed by atoms with E-state index in [1.54, 1.807) is 7.11 Å². The zero-order valence-corrected chi connectivity index (χ0v) is 7.78. The van der Waals surface area contributed by atoms with E-state index in [9.17, 15) is 0 Å². The van der Waals surface area contributed by atoms with Gasteiger partial charge in [0, 0.05) is 10.6 Å². The minimum absolute atomic E-state index is 0.802. The second-order valence-electron chi connectivity index (χ2n) is 2.76. The number of hydrogen-bond acceptors (Lipinski definition) is 3. The molecule has 1 aromatic rings. The fourth-order valence-corrected chi connectivity index (χ4v) is 2.53. The number of anilines is 1. The Kier molecular flexibility index (Phi) is 1.89. The van der Waals surface area contributed by atoms with E-state index in [0.717, 1.165) is 23.6 Å². The molecule has 2 N–H and O–H groups in total. The van der Waals surface area contributed by atoms with Gasteiger partial charge in [-0.2, -0.15) is 0 Å². The van der Waals surface area contributed by atoms with Crippen LogP contribution in [0, 0.1) is 0 Å². The van der Waals surface area contributed by atoms with Crippen molar-refractivity contribution >= 4 is 17.4 Å². The van der Waals surface area contributed by atoms with Crippen LogP contribution in [-0.2, 0) is 6.42 Å². The molecule has 1 aliphatic heterocycles. The predicted octanol–water partition coefficient (Wildman–Crippen LogP) is 1.93. The Morgan fingerprint density at radius 3 is 3.08 bits per heavy atom. The fourth-order valence-electron chi connectivity index (χ4n) is 1.46. The predicted molar refractivity (Wildman–Crippen MR) is 51.8 cm³/mol. The van der Waals surface area contributed by atoms with Gasteiger partial charge in [0.05, 0.1) is 12.8 Å². The molecule has 0 fully saturated rings. The van der Waals surface area contributed by atoms with E-state index in [-0.39, 0.29) is 0 Å². The van der Waals surface area contributed by atoms with Gasteiger partial charge in [-0.25, -0.2) is 0 Å². The zero-order valence-electron chi connectivity index (χ0n) is 6.96. The first-order chi connectivity index (χ1) is 5.83. The summed E-state index contributed by atoms with van der Waals surface area (Å²) in [4.78, 5) is 1.31. The van der Waals surface area contributed by atoms with Gasteiger partial charge in [-0.05, 0) is 24.1 Å². The highest BCUT2D eigenvalue weighted by Crippen LogP contribution is 2.39. The Hall–Kier alpha value is -0.830. The molecule has 0 unspecified atom stereocenters. The molecule has 1 aromatic carbocycles. The maximum absolute atomic E-state index is 5.91. The lowest BCUT2D eigenvalue weighted by Crippen LogP contribution is -1.97. The second-order valence-corrected chi connectivity index (χ2v) is 3.89. The third kappa shape index (κ3) is 1.05. The third-order valence-electron chi connectivity index (χ3n) is 2.10. The van der Waals surface area contributed by atoms with E-state index in [0.29, 0.717) is 0 Å². The van der Waals surface area contributed by atoms with Crippen molar-refractivity contribution in [1.82, 2.24) is 0 Å². The average molecular weight is 181 g/mol. The van der Waals surface area contributed by atoms with Crippen molar-refractivity contribution in [1.29, 1.82) is 0 Å². The number of nitrogens with two attached hydrogens (primary N) is 1. The van der Waals surface area contributed by atoms with Crippen LogP contribution in [0.3, 0.4) is 0 Å². The molecule has 0 radical (unpaired) electrons. The molecule has 0 spiro atoms. The van der Waals surface area contributed by atoms with Gasteiger partial charge in [-0.3, -0.25) is 0 Å². The molecule has 0 aromatic heterocycles. The number of rotatable bonds is 1. The topological polar surface area (TPSA) is 35.2 Å². The second kappa shape index (κ2) is 2.90. The molecule has 64 valence electrons. The summed E-state index contributed by atoms with van der Waals surface area (Å²) < 4.78 is 5.14. The normalized spacial score (nSPS) is 14.4. The molecule has 0 atom stereocenters. The maximum atomic E-state index is 5.91. The van der Waals surface area contributed by atoms with Crippen LogP contribution in [0.25, 0.3) is 0 Å². The smallest absolute Gasteiger partial charge is 0.142 e. The first-order valence-electron chi connectivity index (χ1n) is 3.91. The summed E-state index contributed by atoms with van der Waals surface area (Å²) in [5, 5.41) is 0. The summed E-state index contributed by atoms with van der Waals surface area (Å²) in [6, 6.07) is 4.02. The Morgan fingerprint density at radius 2 is 2.33 bits per heavy atom. The molecule has 0 saturated carbocycles. The minimum atomic E-state index is 0.802. The van der Waals surface area contributed by atoms with Gasteiger partial charge in [0.2, 0.25) is 0 Å². The molecule has 1 aliphatic rings. The van der Waals surface area contributed by atoms with Crippen molar-refractivity contribution < 1.29 is 4.74 Å². The van der Waals surface area contributed by atoms with Crippen molar-refractivity contribution in [2.45, 2.75) is 11.3 Å². The molecular formula is C9H11NOS. The zero-order chi connectivity index (χ0) is 8.55. The Balaban J connectivity index is 2.54. The first kappa shape index (κ1) is 7.80. The van der Waals surface area contributed by atoms with Crippen LogP contribution in [-0.4, -0.2) is 12.9 Å². The van der Waals surface area contributed by atoms with Crippen molar-refractivity contribution in [2.75, 3.05) is 18.6 Å². The van der Waals surface area contributed by atoms with Crippen LogP contribution in [0.2, 0.25) is 0 Å². The van der Waals surface area contributed by atoms with Gasteiger partial charge < -0.3 is 10.5 Å². The highest BCUT2D eigenvalue weighted by molar-refractivity contribution is 7.99. The third-order valence-corrected chi connectivity index (χ3v) is 3.21. The summed E-state index contributed by atoms with van der Waals surface area (Å²) in [5.74, 6) is 1.95. The number of nitrogen functional groups attached to an aromatic ring is 1. The van der Waals surface area contributed by atoms with Crippen LogP contribution in [0.5, 0.6) is 5.75 Å². The lowest BCUT2D eigenvalue weighted by atomic mass is 10.1. The Morgan fingerprint density at radius 1 is 1.50 bits per heavy atom. The molecule has 12 heavy (non-hydrogen) atoms. The molecule has 1 heterocycles. The SMILES string of the molecule is COc1ccc2c(c1N)CCS2. The van der Waals surface area contributed by atoms with Crippen LogP contribution in [0.15, 0.2) is 17.0 Å². The highest BCUT2D eigenvalue weighted by atomic mass is 32.2. The number of methoxy groups -OCH3 is 1. The number of thioether (sulfide) groups is 1. The summed E-state index contributed by atoms with van der Waals surface area (Å²) in [6.07, 6.45) is 1.07. The van der Waals surface area contributed by atoms with Crippen molar-refractivity contribution in [3.05, 3.63) is 17.7 Å². The van der Waals surface area contributed by atoms with Crippen molar-refractivity contribution in [2.24, 2.45) is 0 Å². The molecule has 0 saturated heterocycles. The lowest BCUT2D eigenvalue weighted by Gasteiger charge is -2.07. The summed E-state index contributed by atoms with van der Waals surface area (Å²) in [7, 11) is 1.65. The first-order valence-corrected chi connectivity index (χ1v) is 4.89. The number of benzene rings is 1. The standard InChI is InChI=1S/C9H11NOS/c1-11-7-2-3-8-6(9(7)10)4-5-12-8/h2-3H,4-5,10H2,1H3. The molecule has 2 nitrogen and oxygen atoms in total. The van der Waals surface area contributed by atoms with Gasteiger partial charge in [0.1, 0.15) is 5.75 Å². The summed E-state index contributed by atoms with van der Waals surface area (Å²) in [6.45, 7) is 0. The Labute approximate surface area is 76.1 Å². The van der Waals surface area contributed by atoms with Crippen molar-refractivity contribution in [3.63, 3.8) is 0 Å². The van der Waals surface area contributed by atoms with E-state index < -0.39 is 0 Å². The summed E-state index contributed by atoms with van der Waals surface area (Å²) >= 11 is 1.87. The molecule has 0 bridgehead atoms. The van der Waals surface area contributed by atoms with Crippen LogP contribution in [0.4, 0.5) is 5.69 Å².